The van der Waals surface area contributed by atoms with Crippen LogP contribution >= 0.6 is 0 Å². The van der Waals surface area contributed by atoms with Crippen LogP contribution in [-0.4, -0.2) is 39.8 Å². The first-order chi connectivity index (χ1) is 9.38. The van der Waals surface area contributed by atoms with Crippen LogP contribution in [0.1, 0.15) is 12.0 Å². The fraction of sp³-hybridized carbons (Fsp3) is 0.571. The molecule has 0 N–H and O–H groups in total. The van der Waals surface area contributed by atoms with E-state index in [4.69, 9.17) is 18.4 Å². The van der Waals surface area contributed by atoms with E-state index in [0.29, 0.717) is 19.8 Å². The molecule has 0 bridgehead atoms. The lowest BCUT2D eigenvalue weighted by Crippen LogP contribution is -2.05. The molecule has 0 saturated heterocycles. The summed E-state index contributed by atoms with van der Waals surface area (Å²) in [5.41, 5.74) is 1.08. The molecular formula is C14H23O4S+. The van der Waals surface area contributed by atoms with Gasteiger partial charge in [0, 0.05) is 19.1 Å². The summed E-state index contributed by atoms with van der Waals surface area (Å²) in [7, 11) is 3.35. The Morgan fingerprint density at radius 3 is 2.68 bits per heavy atom. The first kappa shape index (κ1) is 16.3. The van der Waals surface area contributed by atoms with E-state index in [1.165, 1.54) is 0 Å². The van der Waals surface area contributed by atoms with Crippen LogP contribution in [-0.2, 0) is 32.3 Å². The SMILES string of the molecule is COCCOCCC[SH+]OCc1ccccc1OC. The van der Waals surface area contributed by atoms with Crippen LogP contribution in [0.4, 0.5) is 0 Å². The standard InChI is InChI=1S/C14H22O4S/c1-15-9-10-17-8-5-11-19-18-12-13-6-3-4-7-14(13)16-2/h3-4,6-7H,5,8-12H2,1-2H3/p+1. The van der Waals surface area contributed by atoms with Crippen LogP contribution in [0.15, 0.2) is 24.3 Å². The van der Waals surface area contributed by atoms with Crippen molar-refractivity contribution in [2.75, 3.05) is 39.8 Å². The average molecular weight is 287 g/mol. The number of ether oxygens (including phenoxy) is 3. The zero-order valence-electron chi connectivity index (χ0n) is 11.6. The van der Waals surface area contributed by atoms with Crippen molar-refractivity contribution in [2.24, 2.45) is 0 Å². The van der Waals surface area contributed by atoms with Gasteiger partial charge in [0.1, 0.15) is 30.2 Å². The molecule has 0 unspecified atom stereocenters. The quantitative estimate of drug-likeness (QED) is 0.354. The van der Waals surface area contributed by atoms with Gasteiger partial charge in [0.15, 0.2) is 0 Å². The number of para-hydroxylation sites is 1. The molecule has 1 aromatic carbocycles. The summed E-state index contributed by atoms with van der Waals surface area (Å²) in [6.45, 7) is 2.65. The van der Waals surface area contributed by atoms with Gasteiger partial charge in [-0.3, -0.25) is 0 Å². The van der Waals surface area contributed by atoms with E-state index in [2.05, 4.69) is 0 Å². The second kappa shape index (κ2) is 11.1. The van der Waals surface area contributed by atoms with Gasteiger partial charge < -0.3 is 14.2 Å². The molecule has 5 heteroatoms. The van der Waals surface area contributed by atoms with E-state index in [0.717, 1.165) is 42.1 Å². The molecule has 1 aromatic rings. The van der Waals surface area contributed by atoms with Crippen LogP contribution < -0.4 is 4.74 Å². The van der Waals surface area contributed by atoms with Gasteiger partial charge in [-0.05, 0) is 6.07 Å². The van der Waals surface area contributed by atoms with Crippen molar-refractivity contribution in [3.63, 3.8) is 0 Å². The Kier molecular flexibility index (Phi) is 9.53. The van der Waals surface area contributed by atoms with Gasteiger partial charge in [0.2, 0.25) is 0 Å². The summed E-state index contributed by atoms with van der Waals surface area (Å²) in [5.74, 6) is 1.85. The van der Waals surface area contributed by atoms with E-state index in [1.807, 2.05) is 24.3 Å². The highest BCUT2D eigenvalue weighted by atomic mass is 32.2. The highest BCUT2D eigenvalue weighted by molar-refractivity contribution is 7.73. The molecular weight excluding hydrogens is 264 g/mol. The maximum atomic E-state index is 5.60. The number of rotatable bonds is 11. The average Bonchev–Trinajstić information content (AvgIpc) is 2.46. The predicted octanol–water partition coefficient (Wildman–Crippen LogP) is 1.99. The molecule has 0 aliphatic carbocycles. The molecule has 0 radical (unpaired) electrons. The normalized spacial score (nSPS) is 10.6. The third kappa shape index (κ3) is 7.42. The molecule has 108 valence electrons. The fourth-order valence-corrected chi connectivity index (χ4v) is 2.10. The van der Waals surface area contributed by atoms with E-state index in [9.17, 15) is 0 Å². The zero-order valence-corrected chi connectivity index (χ0v) is 12.5. The van der Waals surface area contributed by atoms with Gasteiger partial charge in [0.25, 0.3) is 0 Å². The summed E-state index contributed by atoms with van der Waals surface area (Å²) < 4.78 is 21.1. The molecule has 0 heterocycles. The molecule has 4 nitrogen and oxygen atoms in total. The number of methoxy groups -OCH3 is 2. The Bertz CT molecular complexity index is 333. The second-order valence-corrected chi connectivity index (χ2v) is 4.86. The Morgan fingerprint density at radius 1 is 1.05 bits per heavy atom. The van der Waals surface area contributed by atoms with E-state index >= 15 is 0 Å². The molecule has 0 fully saturated rings. The van der Waals surface area contributed by atoms with Crippen LogP contribution in [0.25, 0.3) is 0 Å². The lowest BCUT2D eigenvalue weighted by atomic mass is 10.2. The Hall–Kier alpha value is -0.750. The highest BCUT2D eigenvalue weighted by Crippen LogP contribution is 2.18. The van der Waals surface area contributed by atoms with E-state index in [-0.39, 0.29) is 0 Å². The van der Waals surface area contributed by atoms with Crippen molar-refractivity contribution >= 4 is 12.0 Å². The Morgan fingerprint density at radius 2 is 1.89 bits per heavy atom. The number of thiol groups is 1. The van der Waals surface area contributed by atoms with Crippen LogP contribution in [0.2, 0.25) is 0 Å². The number of hydrogen-bond acceptors (Lipinski definition) is 4. The van der Waals surface area contributed by atoms with Crippen molar-refractivity contribution in [2.45, 2.75) is 13.0 Å². The lowest BCUT2D eigenvalue weighted by molar-refractivity contribution is 0.0712. The fourth-order valence-electron chi connectivity index (χ4n) is 1.48. The van der Waals surface area contributed by atoms with Gasteiger partial charge in [-0.2, -0.15) is 4.18 Å². The predicted molar refractivity (Wildman–Crippen MR) is 78.7 cm³/mol. The Balaban J connectivity index is 2.01. The van der Waals surface area contributed by atoms with Gasteiger partial charge in [-0.25, -0.2) is 0 Å². The lowest BCUT2D eigenvalue weighted by Gasteiger charge is -2.05. The van der Waals surface area contributed by atoms with Crippen molar-refractivity contribution < 1.29 is 18.4 Å². The summed E-state index contributed by atoms with van der Waals surface area (Å²) in [4.78, 5) is 0. The molecule has 0 amide bonds. The second-order valence-electron chi connectivity index (χ2n) is 3.90. The first-order valence-corrected chi connectivity index (χ1v) is 7.35. The topological polar surface area (TPSA) is 36.9 Å². The first-order valence-electron chi connectivity index (χ1n) is 6.36. The molecule has 0 aliphatic heterocycles. The molecule has 0 aliphatic rings. The number of hydrogen-bond donors (Lipinski definition) is 0. The van der Waals surface area contributed by atoms with Crippen LogP contribution in [0.3, 0.4) is 0 Å². The van der Waals surface area contributed by atoms with Gasteiger partial charge in [-0.1, -0.05) is 18.2 Å². The number of benzene rings is 1. The van der Waals surface area contributed by atoms with Gasteiger partial charge in [-0.15, -0.1) is 0 Å². The Labute approximate surface area is 119 Å². The monoisotopic (exact) mass is 287 g/mol. The van der Waals surface area contributed by atoms with E-state index < -0.39 is 0 Å². The zero-order chi connectivity index (χ0) is 13.8. The van der Waals surface area contributed by atoms with E-state index in [1.54, 1.807) is 14.2 Å². The smallest absolute Gasteiger partial charge is 0.141 e. The summed E-state index contributed by atoms with van der Waals surface area (Å²) >= 11 is 0.983. The summed E-state index contributed by atoms with van der Waals surface area (Å²) in [5, 5.41) is 0. The van der Waals surface area contributed by atoms with Crippen LogP contribution in [0.5, 0.6) is 5.75 Å². The molecule has 1 rings (SSSR count). The van der Waals surface area contributed by atoms with Crippen molar-refractivity contribution in [3.8, 4) is 5.75 Å². The third-order valence-electron chi connectivity index (χ3n) is 2.47. The van der Waals surface area contributed by atoms with Crippen molar-refractivity contribution in [3.05, 3.63) is 29.8 Å². The largest absolute Gasteiger partial charge is 0.496 e. The molecule has 0 saturated carbocycles. The van der Waals surface area contributed by atoms with Crippen LogP contribution in [0, 0.1) is 0 Å². The molecule has 0 atom stereocenters. The van der Waals surface area contributed by atoms with Gasteiger partial charge >= 0.3 is 0 Å². The highest BCUT2D eigenvalue weighted by Gasteiger charge is 2.05. The third-order valence-corrected chi connectivity index (χ3v) is 3.28. The van der Waals surface area contributed by atoms with Crippen molar-refractivity contribution in [1.29, 1.82) is 0 Å². The minimum Gasteiger partial charge on any atom is -0.496 e. The minimum atomic E-state index is 0.579. The maximum absolute atomic E-state index is 5.60. The summed E-state index contributed by atoms with van der Waals surface area (Å²) in [6, 6.07) is 7.90. The summed E-state index contributed by atoms with van der Waals surface area (Å²) in [6.07, 6.45) is 0.997. The molecule has 0 spiro atoms. The van der Waals surface area contributed by atoms with Crippen molar-refractivity contribution in [1.82, 2.24) is 0 Å². The minimum absolute atomic E-state index is 0.579. The molecule has 19 heavy (non-hydrogen) atoms. The van der Waals surface area contributed by atoms with Gasteiger partial charge in [0.05, 0.1) is 26.9 Å². The molecule has 0 aromatic heterocycles. The maximum Gasteiger partial charge on any atom is 0.141 e.